The zero-order valence-corrected chi connectivity index (χ0v) is 11.8. The summed E-state index contributed by atoms with van der Waals surface area (Å²) in [5.41, 5.74) is 0. The Bertz CT molecular complexity index is 449. The van der Waals surface area contributed by atoms with Gasteiger partial charge >= 0.3 is 0 Å². The third-order valence-electron chi connectivity index (χ3n) is 2.85. The molecule has 0 saturated carbocycles. The normalized spacial score (nSPS) is 12.8. The molecule has 98 valence electrons. The number of aromatic nitrogens is 3. The molecule has 0 aromatic carbocycles. The van der Waals surface area contributed by atoms with Crippen molar-refractivity contribution in [1.82, 2.24) is 20.1 Å². The lowest BCUT2D eigenvalue weighted by atomic mass is 10.1. The number of aryl methyl sites for hydroxylation is 1. The lowest BCUT2D eigenvalue weighted by Crippen LogP contribution is -2.23. The van der Waals surface area contributed by atoms with Crippen molar-refractivity contribution >= 4 is 11.3 Å². The molecule has 0 aliphatic heterocycles. The predicted molar refractivity (Wildman–Crippen MR) is 74.8 cm³/mol. The highest BCUT2D eigenvalue weighted by Gasteiger charge is 2.15. The molecule has 2 heterocycles. The maximum absolute atomic E-state index is 4.38. The molecule has 4 nitrogen and oxygen atoms in total. The van der Waals surface area contributed by atoms with Crippen LogP contribution in [0.2, 0.25) is 0 Å². The molecular weight excluding hydrogens is 244 g/mol. The number of thiophene rings is 1. The van der Waals surface area contributed by atoms with Gasteiger partial charge in [-0.15, -0.1) is 11.3 Å². The molecule has 1 N–H and O–H groups in total. The smallest absolute Gasteiger partial charge is 0.138 e. The molecule has 0 aliphatic rings. The Hall–Kier alpha value is -1.20. The van der Waals surface area contributed by atoms with Gasteiger partial charge < -0.3 is 5.32 Å². The van der Waals surface area contributed by atoms with E-state index < -0.39 is 0 Å². The van der Waals surface area contributed by atoms with Crippen LogP contribution in [0.5, 0.6) is 0 Å². The summed E-state index contributed by atoms with van der Waals surface area (Å²) in [5.74, 6) is 1.07. The van der Waals surface area contributed by atoms with Crippen molar-refractivity contribution in [2.75, 3.05) is 6.54 Å². The second-order valence-corrected chi connectivity index (χ2v) is 5.21. The van der Waals surface area contributed by atoms with E-state index in [2.05, 4.69) is 46.8 Å². The molecule has 2 rings (SSSR count). The van der Waals surface area contributed by atoms with Crippen LogP contribution in [0.4, 0.5) is 0 Å². The molecule has 2 aromatic rings. The van der Waals surface area contributed by atoms with E-state index in [9.17, 15) is 0 Å². The minimum atomic E-state index is 0.342. The van der Waals surface area contributed by atoms with Crippen LogP contribution in [0.1, 0.15) is 37.0 Å². The van der Waals surface area contributed by atoms with Gasteiger partial charge in [0.2, 0.25) is 0 Å². The topological polar surface area (TPSA) is 42.7 Å². The fourth-order valence-electron chi connectivity index (χ4n) is 2.04. The van der Waals surface area contributed by atoms with E-state index in [4.69, 9.17) is 0 Å². The van der Waals surface area contributed by atoms with Crippen molar-refractivity contribution in [1.29, 1.82) is 0 Å². The Morgan fingerprint density at radius 2 is 2.33 bits per heavy atom. The first-order chi connectivity index (χ1) is 8.85. The molecule has 0 fully saturated rings. The Morgan fingerprint density at radius 1 is 1.44 bits per heavy atom. The molecule has 1 atom stereocenters. The number of rotatable bonds is 7. The van der Waals surface area contributed by atoms with E-state index in [0.29, 0.717) is 6.04 Å². The van der Waals surface area contributed by atoms with Crippen molar-refractivity contribution in [2.24, 2.45) is 0 Å². The molecule has 0 aliphatic carbocycles. The highest BCUT2D eigenvalue weighted by Crippen LogP contribution is 2.22. The zero-order valence-electron chi connectivity index (χ0n) is 11.0. The standard InChI is InChI=1S/C13H20N4S/c1-3-7-17-13(15-10-16-17)9-11(14-4-2)12-6-5-8-18-12/h5-6,8,10-11,14H,3-4,7,9H2,1-2H3. The fraction of sp³-hybridized carbons (Fsp3) is 0.538. The third-order valence-corrected chi connectivity index (χ3v) is 3.84. The summed E-state index contributed by atoms with van der Waals surface area (Å²) in [5, 5.41) is 9.93. The van der Waals surface area contributed by atoms with Gasteiger partial charge in [-0.3, -0.25) is 4.68 Å². The van der Waals surface area contributed by atoms with Crippen LogP contribution >= 0.6 is 11.3 Å². The SMILES string of the molecule is CCCn1ncnc1CC(NCC)c1cccs1. The van der Waals surface area contributed by atoms with E-state index in [1.54, 1.807) is 17.7 Å². The lowest BCUT2D eigenvalue weighted by molar-refractivity contribution is 0.503. The fourth-order valence-corrected chi connectivity index (χ4v) is 2.84. The summed E-state index contributed by atoms with van der Waals surface area (Å²) in [7, 11) is 0. The van der Waals surface area contributed by atoms with Crippen LogP contribution in [0.3, 0.4) is 0 Å². The van der Waals surface area contributed by atoms with Crippen LogP contribution in [-0.2, 0) is 13.0 Å². The van der Waals surface area contributed by atoms with E-state index >= 15 is 0 Å². The second-order valence-electron chi connectivity index (χ2n) is 4.23. The molecule has 0 radical (unpaired) electrons. The first kappa shape index (κ1) is 13.2. The monoisotopic (exact) mass is 264 g/mol. The summed E-state index contributed by atoms with van der Waals surface area (Å²) in [6, 6.07) is 4.62. The Balaban J connectivity index is 2.11. The summed E-state index contributed by atoms with van der Waals surface area (Å²) in [6.07, 6.45) is 3.64. The number of hydrogen-bond donors (Lipinski definition) is 1. The number of likely N-dealkylation sites (N-methyl/N-ethyl adjacent to an activating group) is 1. The third kappa shape index (κ3) is 3.17. The predicted octanol–water partition coefficient (Wildman–Crippen LogP) is 2.64. The maximum Gasteiger partial charge on any atom is 0.138 e. The van der Waals surface area contributed by atoms with Crippen LogP contribution in [-0.4, -0.2) is 21.3 Å². The second kappa shape index (κ2) is 6.66. The minimum absolute atomic E-state index is 0.342. The maximum atomic E-state index is 4.38. The molecule has 0 saturated heterocycles. The van der Waals surface area contributed by atoms with Gasteiger partial charge in [0.25, 0.3) is 0 Å². The number of nitrogens with zero attached hydrogens (tertiary/aromatic N) is 3. The summed E-state index contributed by atoms with van der Waals surface area (Å²) in [6.45, 7) is 6.20. The molecule has 0 spiro atoms. The van der Waals surface area contributed by atoms with E-state index in [0.717, 1.165) is 31.8 Å². The number of nitrogens with one attached hydrogen (secondary N) is 1. The minimum Gasteiger partial charge on any atom is -0.309 e. The van der Waals surface area contributed by atoms with E-state index in [1.807, 2.05) is 4.68 Å². The van der Waals surface area contributed by atoms with Crippen LogP contribution in [0, 0.1) is 0 Å². The van der Waals surface area contributed by atoms with Crippen molar-refractivity contribution in [3.05, 3.63) is 34.5 Å². The van der Waals surface area contributed by atoms with Gasteiger partial charge in [-0.25, -0.2) is 4.98 Å². The number of hydrogen-bond acceptors (Lipinski definition) is 4. The van der Waals surface area contributed by atoms with Gasteiger partial charge in [0.1, 0.15) is 12.2 Å². The highest BCUT2D eigenvalue weighted by molar-refractivity contribution is 7.10. The van der Waals surface area contributed by atoms with E-state index in [-0.39, 0.29) is 0 Å². The average molecular weight is 264 g/mol. The van der Waals surface area contributed by atoms with Crippen molar-refractivity contribution < 1.29 is 0 Å². The first-order valence-electron chi connectivity index (χ1n) is 6.48. The Morgan fingerprint density at radius 3 is 3.00 bits per heavy atom. The zero-order chi connectivity index (χ0) is 12.8. The molecule has 0 amide bonds. The average Bonchev–Trinajstić information content (AvgIpc) is 3.01. The van der Waals surface area contributed by atoms with Crippen molar-refractivity contribution in [2.45, 2.75) is 39.3 Å². The van der Waals surface area contributed by atoms with Gasteiger partial charge in [0.05, 0.1) is 0 Å². The summed E-state index contributed by atoms with van der Waals surface area (Å²) >= 11 is 1.79. The molecular formula is C13H20N4S. The molecule has 5 heteroatoms. The quantitative estimate of drug-likeness (QED) is 0.836. The highest BCUT2D eigenvalue weighted by atomic mass is 32.1. The summed E-state index contributed by atoms with van der Waals surface area (Å²) in [4.78, 5) is 5.75. The van der Waals surface area contributed by atoms with Crippen LogP contribution in [0.25, 0.3) is 0 Å². The largest absolute Gasteiger partial charge is 0.309 e. The molecule has 0 bridgehead atoms. The van der Waals surface area contributed by atoms with Gasteiger partial charge in [-0.05, 0) is 24.4 Å². The van der Waals surface area contributed by atoms with Gasteiger partial charge in [-0.2, -0.15) is 5.10 Å². The van der Waals surface area contributed by atoms with Crippen molar-refractivity contribution in [3.8, 4) is 0 Å². The Kier molecular flexibility index (Phi) is 4.90. The first-order valence-corrected chi connectivity index (χ1v) is 7.36. The molecule has 18 heavy (non-hydrogen) atoms. The van der Waals surface area contributed by atoms with E-state index in [1.165, 1.54) is 4.88 Å². The summed E-state index contributed by atoms with van der Waals surface area (Å²) < 4.78 is 2.01. The Labute approximate surface area is 112 Å². The van der Waals surface area contributed by atoms with Gasteiger partial charge in [0, 0.05) is 23.9 Å². The van der Waals surface area contributed by atoms with Crippen LogP contribution in [0.15, 0.2) is 23.8 Å². The van der Waals surface area contributed by atoms with Crippen LogP contribution < -0.4 is 5.32 Å². The molecule has 1 unspecified atom stereocenters. The van der Waals surface area contributed by atoms with Gasteiger partial charge in [-0.1, -0.05) is 19.9 Å². The van der Waals surface area contributed by atoms with Gasteiger partial charge in [0.15, 0.2) is 0 Å². The van der Waals surface area contributed by atoms with Crippen molar-refractivity contribution in [3.63, 3.8) is 0 Å². The molecule has 2 aromatic heterocycles. The lowest BCUT2D eigenvalue weighted by Gasteiger charge is -2.16.